The molecule has 0 aliphatic heterocycles. The lowest BCUT2D eigenvalue weighted by molar-refractivity contribution is -0.152. The molecule has 0 heterocycles. The van der Waals surface area contributed by atoms with E-state index in [1.54, 1.807) is 13.8 Å². The van der Waals surface area contributed by atoms with Crippen LogP contribution in [0.3, 0.4) is 0 Å². The fourth-order valence-corrected chi connectivity index (χ4v) is 1.65. The summed E-state index contributed by atoms with van der Waals surface area (Å²) < 4.78 is 5.19. The van der Waals surface area contributed by atoms with Gasteiger partial charge in [0.05, 0.1) is 12.1 Å². The number of nitrogens with two attached hydrogens (primary N) is 1. The van der Waals surface area contributed by atoms with Crippen molar-refractivity contribution in [2.24, 2.45) is 17.1 Å². The lowest BCUT2D eigenvalue weighted by atomic mass is 9.86. The van der Waals surface area contributed by atoms with Crippen LogP contribution in [0, 0.1) is 11.3 Å². The zero-order valence-electron chi connectivity index (χ0n) is 14.2. The number of ether oxygens (including phenoxy) is 1. The molecule has 0 aromatic heterocycles. The van der Waals surface area contributed by atoms with Crippen molar-refractivity contribution in [1.82, 2.24) is 5.32 Å². The van der Waals surface area contributed by atoms with Crippen LogP contribution >= 0.6 is 12.4 Å². The molecule has 0 aliphatic carbocycles. The highest BCUT2D eigenvalue weighted by Crippen LogP contribution is 2.18. The number of carbonyl (C=O) groups excluding carboxylic acids is 2. The summed E-state index contributed by atoms with van der Waals surface area (Å²) in [5.74, 6) is -0.446. The quantitative estimate of drug-likeness (QED) is 0.735. The predicted octanol–water partition coefficient (Wildman–Crippen LogP) is 2.26. The van der Waals surface area contributed by atoms with Gasteiger partial charge in [0, 0.05) is 0 Å². The summed E-state index contributed by atoms with van der Waals surface area (Å²) in [6, 6.07) is -1.30. The van der Waals surface area contributed by atoms with Crippen molar-refractivity contribution in [1.29, 1.82) is 0 Å². The van der Waals surface area contributed by atoms with Crippen LogP contribution in [0.5, 0.6) is 0 Å². The van der Waals surface area contributed by atoms with E-state index in [4.69, 9.17) is 10.5 Å². The Morgan fingerprint density at radius 3 is 1.95 bits per heavy atom. The average molecular weight is 323 g/mol. The van der Waals surface area contributed by atoms with Crippen molar-refractivity contribution >= 4 is 24.3 Å². The predicted molar refractivity (Wildman–Crippen MR) is 87.3 cm³/mol. The van der Waals surface area contributed by atoms with E-state index in [-0.39, 0.29) is 35.8 Å². The van der Waals surface area contributed by atoms with Crippen LogP contribution < -0.4 is 11.1 Å². The van der Waals surface area contributed by atoms with Gasteiger partial charge in [-0.05, 0) is 31.6 Å². The molecule has 0 aromatic rings. The molecule has 0 unspecified atom stereocenters. The standard InChI is InChI=1S/C15H30N2O3.ClH/c1-9(2)8-11(14(19)20-10(3)4)17-13(18)12(16)15(5,6)7;/h9-12H,8,16H2,1-7H3,(H,17,18);1H/t11-,12+;/m0./s1. The van der Waals surface area contributed by atoms with Gasteiger partial charge >= 0.3 is 5.97 Å². The normalized spacial score (nSPS) is 14.4. The van der Waals surface area contributed by atoms with E-state index >= 15 is 0 Å². The molecule has 1 amide bonds. The van der Waals surface area contributed by atoms with Crippen molar-refractivity contribution in [2.45, 2.75) is 73.1 Å². The molecule has 0 radical (unpaired) electrons. The molecule has 2 atom stereocenters. The van der Waals surface area contributed by atoms with Gasteiger partial charge in [-0.2, -0.15) is 0 Å². The maximum atomic E-state index is 12.1. The number of esters is 1. The molecule has 0 aliphatic rings. The Morgan fingerprint density at radius 1 is 1.14 bits per heavy atom. The second kappa shape index (κ2) is 9.26. The van der Waals surface area contributed by atoms with Crippen LogP contribution in [0.15, 0.2) is 0 Å². The summed E-state index contributed by atoms with van der Waals surface area (Å²) in [6.45, 7) is 13.2. The molecule has 5 nitrogen and oxygen atoms in total. The molecule has 0 saturated heterocycles. The van der Waals surface area contributed by atoms with Gasteiger partial charge in [-0.3, -0.25) is 4.79 Å². The summed E-state index contributed by atoms with van der Waals surface area (Å²) in [7, 11) is 0. The molecule has 0 saturated carbocycles. The topological polar surface area (TPSA) is 81.4 Å². The van der Waals surface area contributed by atoms with E-state index in [1.165, 1.54) is 0 Å². The number of halogens is 1. The molecule has 3 N–H and O–H groups in total. The fraction of sp³-hybridized carbons (Fsp3) is 0.867. The molecule has 0 aromatic carbocycles. The third-order valence-electron chi connectivity index (χ3n) is 2.88. The Kier molecular flexibility index (Phi) is 9.91. The second-order valence-corrected chi connectivity index (χ2v) is 7.02. The highest BCUT2D eigenvalue weighted by molar-refractivity contribution is 5.87. The fourth-order valence-electron chi connectivity index (χ4n) is 1.65. The monoisotopic (exact) mass is 322 g/mol. The Balaban J connectivity index is 0. The molecule has 0 bridgehead atoms. The van der Waals surface area contributed by atoms with Gasteiger partial charge in [-0.25, -0.2) is 4.79 Å². The molecule has 126 valence electrons. The van der Waals surface area contributed by atoms with Crippen molar-refractivity contribution in [2.75, 3.05) is 0 Å². The van der Waals surface area contributed by atoms with Gasteiger partial charge < -0.3 is 15.8 Å². The second-order valence-electron chi connectivity index (χ2n) is 7.02. The lowest BCUT2D eigenvalue weighted by Gasteiger charge is -2.28. The van der Waals surface area contributed by atoms with E-state index in [9.17, 15) is 9.59 Å². The maximum absolute atomic E-state index is 12.1. The van der Waals surface area contributed by atoms with Crippen molar-refractivity contribution in [3.63, 3.8) is 0 Å². The molecule has 0 rings (SSSR count). The maximum Gasteiger partial charge on any atom is 0.328 e. The third kappa shape index (κ3) is 8.94. The largest absolute Gasteiger partial charge is 0.461 e. The zero-order chi connectivity index (χ0) is 16.1. The highest BCUT2D eigenvalue weighted by atomic mass is 35.5. The number of rotatable bonds is 6. The van der Waals surface area contributed by atoms with Crippen LogP contribution in [0.1, 0.15) is 54.9 Å². The van der Waals surface area contributed by atoms with Crippen molar-refractivity contribution in [3.8, 4) is 0 Å². The number of carbonyl (C=O) groups is 2. The minimum absolute atomic E-state index is 0. The van der Waals surface area contributed by atoms with Crippen LogP contribution in [0.4, 0.5) is 0 Å². The van der Waals surface area contributed by atoms with Crippen LogP contribution in [0.2, 0.25) is 0 Å². The molecular formula is C15H31ClN2O3. The van der Waals surface area contributed by atoms with Gasteiger partial charge in [0.1, 0.15) is 6.04 Å². The number of nitrogens with one attached hydrogen (secondary N) is 1. The van der Waals surface area contributed by atoms with Crippen molar-refractivity contribution < 1.29 is 14.3 Å². The molecule has 6 heteroatoms. The van der Waals surface area contributed by atoms with Crippen LogP contribution in [-0.2, 0) is 14.3 Å². The minimum atomic E-state index is -0.663. The van der Waals surface area contributed by atoms with Gasteiger partial charge in [-0.1, -0.05) is 34.6 Å². The van der Waals surface area contributed by atoms with Gasteiger partial charge in [0.25, 0.3) is 0 Å². The Bertz CT molecular complexity index is 338. The summed E-state index contributed by atoms with van der Waals surface area (Å²) in [5.41, 5.74) is 5.56. The zero-order valence-corrected chi connectivity index (χ0v) is 15.0. The third-order valence-corrected chi connectivity index (χ3v) is 2.88. The summed E-state index contributed by atoms with van der Waals surface area (Å²) in [6.07, 6.45) is 0.332. The molecule has 0 fully saturated rings. The van der Waals surface area contributed by atoms with E-state index in [1.807, 2.05) is 34.6 Å². The number of hydrogen-bond acceptors (Lipinski definition) is 4. The smallest absolute Gasteiger partial charge is 0.328 e. The first-order chi connectivity index (χ1) is 8.95. The van der Waals surface area contributed by atoms with Gasteiger partial charge in [0.2, 0.25) is 5.91 Å². The van der Waals surface area contributed by atoms with Crippen molar-refractivity contribution in [3.05, 3.63) is 0 Å². The average Bonchev–Trinajstić information content (AvgIpc) is 2.23. The van der Waals surface area contributed by atoms with E-state index < -0.39 is 18.1 Å². The van der Waals surface area contributed by atoms with Gasteiger partial charge in [-0.15, -0.1) is 12.4 Å². The van der Waals surface area contributed by atoms with Crippen LogP contribution in [0.25, 0.3) is 0 Å². The van der Waals surface area contributed by atoms with Crippen LogP contribution in [-0.4, -0.2) is 30.1 Å². The molecule has 21 heavy (non-hydrogen) atoms. The highest BCUT2D eigenvalue weighted by Gasteiger charge is 2.31. The first kappa shape index (κ1) is 22.5. The number of amides is 1. The lowest BCUT2D eigenvalue weighted by Crippen LogP contribution is -2.53. The Hall–Kier alpha value is -0.810. The summed E-state index contributed by atoms with van der Waals surface area (Å²) in [4.78, 5) is 24.1. The minimum Gasteiger partial charge on any atom is -0.461 e. The summed E-state index contributed by atoms with van der Waals surface area (Å²) in [5, 5.41) is 2.72. The number of hydrogen-bond donors (Lipinski definition) is 2. The molecule has 0 spiro atoms. The first-order valence-corrected chi connectivity index (χ1v) is 7.21. The van der Waals surface area contributed by atoms with E-state index in [0.717, 1.165) is 0 Å². The Labute approximate surface area is 134 Å². The first-order valence-electron chi connectivity index (χ1n) is 7.21. The summed E-state index contributed by atoms with van der Waals surface area (Å²) >= 11 is 0. The molecular weight excluding hydrogens is 292 g/mol. The SMILES string of the molecule is CC(C)C[C@H](NC(=O)[C@@H](N)C(C)(C)C)C(=O)OC(C)C.Cl. The Morgan fingerprint density at radius 2 is 1.62 bits per heavy atom. The van der Waals surface area contributed by atoms with E-state index in [2.05, 4.69) is 5.32 Å². The van der Waals surface area contributed by atoms with Gasteiger partial charge in [0.15, 0.2) is 0 Å². The van der Waals surface area contributed by atoms with E-state index in [0.29, 0.717) is 6.42 Å².